The van der Waals surface area contributed by atoms with Gasteiger partial charge in [-0.2, -0.15) is 4.98 Å². The Hall–Kier alpha value is -3.46. The lowest BCUT2D eigenvalue weighted by Gasteiger charge is -2.16. The van der Waals surface area contributed by atoms with Gasteiger partial charge in [0, 0.05) is 17.3 Å². The van der Waals surface area contributed by atoms with Gasteiger partial charge in [-0.3, -0.25) is 9.36 Å². The number of anilines is 2. The van der Waals surface area contributed by atoms with Crippen molar-refractivity contribution >= 4 is 34.4 Å². The van der Waals surface area contributed by atoms with Gasteiger partial charge in [0.15, 0.2) is 11.2 Å². The molecule has 0 spiro atoms. The second-order valence-corrected chi connectivity index (χ2v) is 7.90. The summed E-state index contributed by atoms with van der Waals surface area (Å²) < 4.78 is 33.6. The zero-order valence-electron chi connectivity index (χ0n) is 18.1. The maximum Gasteiger partial charge on any atom is 0.300 e. The van der Waals surface area contributed by atoms with Gasteiger partial charge in [0.1, 0.15) is 12.4 Å². The number of halogens is 3. The number of fused-ring (bicyclic) bond motifs is 1. The van der Waals surface area contributed by atoms with Crippen LogP contribution in [0.3, 0.4) is 0 Å². The van der Waals surface area contributed by atoms with Gasteiger partial charge in [0.05, 0.1) is 12.9 Å². The van der Waals surface area contributed by atoms with Gasteiger partial charge < -0.3 is 14.6 Å². The molecule has 0 radical (unpaired) electrons. The van der Waals surface area contributed by atoms with Crippen molar-refractivity contribution in [1.29, 1.82) is 0 Å². The van der Waals surface area contributed by atoms with E-state index in [-0.39, 0.29) is 0 Å². The largest absolute Gasteiger partial charge is 0.487 e. The van der Waals surface area contributed by atoms with Crippen LogP contribution in [0.4, 0.5) is 20.4 Å². The molecule has 0 atom stereocenters. The molecule has 1 N–H and O–H groups in total. The van der Waals surface area contributed by atoms with E-state index in [4.69, 9.17) is 16.3 Å². The van der Waals surface area contributed by atoms with Crippen molar-refractivity contribution in [3.8, 4) is 5.75 Å². The second kappa shape index (κ2) is 9.58. The molecule has 0 aliphatic rings. The number of benzene rings is 2. The summed E-state index contributed by atoms with van der Waals surface area (Å²) in [4.78, 5) is 21.6. The number of nitrogens with one attached hydrogen (secondary N) is 1. The normalized spacial score (nSPS) is 11.3. The van der Waals surface area contributed by atoms with E-state index in [0.717, 1.165) is 5.56 Å². The summed E-state index contributed by atoms with van der Waals surface area (Å²) in [5.41, 5.74) is 2.78. The molecule has 0 saturated heterocycles. The third-order valence-corrected chi connectivity index (χ3v) is 5.38. The molecule has 2 heterocycles. The Bertz CT molecular complexity index is 1340. The summed E-state index contributed by atoms with van der Waals surface area (Å²) in [6.07, 6.45) is -0.932. The molecule has 2 aromatic heterocycles. The first-order valence-electron chi connectivity index (χ1n) is 10.3. The van der Waals surface area contributed by atoms with E-state index in [1.807, 2.05) is 23.6 Å². The highest BCUT2D eigenvalue weighted by atomic mass is 35.5. The van der Waals surface area contributed by atoms with Gasteiger partial charge >= 0.3 is 5.56 Å². The molecule has 0 aliphatic heterocycles. The van der Waals surface area contributed by atoms with Crippen LogP contribution < -0.4 is 15.6 Å². The highest BCUT2D eigenvalue weighted by molar-refractivity contribution is 6.30. The minimum atomic E-state index is -2.55. The molecule has 10 heteroatoms. The van der Waals surface area contributed by atoms with Crippen molar-refractivity contribution in [3.05, 3.63) is 75.3 Å². The topological polar surface area (TPSA) is 74.0 Å². The minimum absolute atomic E-state index is 0.310. The number of rotatable bonds is 8. The fraction of sp³-hybridized carbons (Fsp3) is 0.261. The Balaban J connectivity index is 1.74. The fourth-order valence-electron chi connectivity index (χ4n) is 3.53. The maximum absolute atomic E-state index is 12.8. The summed E-state index contributed by atoms with van der Waals surface area (Å²) in [6.45, 7) is 3.99. The summed E-state index contributed by atoms with van der Waals surface area (Å²) >= 11 is 6.02. The Morgan fingerprint density at radius 2 is 1.94 bits per heavy atom. The van der Waals surface area contributed by atoms with Crippen LogP contribution >= 0.6 is 11.6 Å². The second-order valence-electron chi connectivity index (χ2n) is 7.46. The first kappa shape index (κ1) is 22.7. The number of hydrogen-bond donors (Lipinski definition) is 1. The monoisotopic (exact) mass is 473 g/mol. The first-order valence-corrected chi connectivity index (χ1v) is 10.7. The van der Waals surface area contributed by atoms with Gasteiger partial charge in [0.25, 0.3) is 6.43 Å². The van der Waals surface area contributed by atoms with E-state index in [1.54, 1.807) is 48.1 Å². The Morgan fingerprint density at radius 1 is 1.18 bits per heavy atom. The molecule has 2 aromatic carbocycles. The molecule has 33 heavy (non-hydrogen) atoms. The Kier molecular flexibility index (Phi) is 6.60. The number of alkyl halides is 2. The smallest absolute Gasteiger partial charge is 0.300 e. The van der Waals surface area contributed by atoms with Crippen LogP contribution in [0.5, 0.6) is 5.75 Å². The predicted octanol–water partition coefficient (Wildman–Crippen LogP) is 5.01. The lowest BCUT2D eigenvalue weighted by atomic mass is 10.2. The van der Waals surface area contributed by atoms with Gasteiger partial charge in [-0.15, -0.1) is 0 Å². The number of aromatic nitrogens is 4. The van der Waals surface area contributed by atoms with E-state index >= 15 is 0 Å². The van der Waals surface area contributed by atoms with Crippen LogP contribution in [0.2, 0.25) is 5.02 Å². The molecule has 0 fully saturated rings. The first-order chi connectivity index (χ1) is 15.9. The lowest BCUT2D eigenvalue weighted by molar-refractivity contribution is 0.0816. The van der Waals surface area contributed by atoms with Crippen LogP contribution in [0.15, 0.2) is 53.6 Å². The molecular formula is C23H22ClF2N5O2. The minimum Gasteiger partial charge on any atom is -0.487 e. The van der Waals surface area contributed by atoms with E-state index in [0.29, 0.717) is 52.2 Å². The van der Waals surface area contributed by atoms with Crippen LogP contribution in [0.1, 0.15) is 18.1 Å². The van der Waals surface area contributed by atoms with Crippen LogP contribution in [-0.4, -0.2) is 32.1 Å². The third-order valence-electron chi connectivity index (χ3n) is 5.13. The molecule has 172 valence electrons. The summed E-state index contributed by atoms with van der Waals surface area (Å²) in [5, 5.41) is 3.80. The van der Waals surface area contributed by atoms with Crippen molar-refractivity contribution in [3.63, 3.8) is 0 Å². The molecule has 0 aliphatic carbocycles. The molecule has 0 amide bonds. The van der Waals surface area contributed by atoms with E-state index in [2.05, 4.69) is 15.3 Å². The van der Waals surface area contributed by atoms with Crippen LogP contribution in [0, 0.1) is 6.92 Å². The van der Waals surface area contributed by atoms with Crippen molar-refractivity contribution < 1.29 is 13.5 Å². The number of aryl methyl sites for hydroxylation is 2. The van der Waals surface area contributed by atoms with Crippen LogP contribution in [0.25, 0.3) is 11.2 Å². The number of ether oxygens (including phenoxy) is 1. The molecule has 7 nitrogen and oxygen atoms in total. The molecule has 4 rings (SSSR count). The predicted molar refractivity (Wildman–Crippen MR) is 124 cm³/mol. The lowest BCUT2D eigenvalue weighted by Crippen LogP contribution is -2.20. The average molecular weight is 474 g/mol. The van der Waals surface area contributed by atoms with E-state index in [9.17, 15) is 13.6 Å². The molecular weight excluding hydrogens is 452 g/mol. The summed E-state index contributed by atoms with van der Waals surface area (Å²) in [5.74, 6) is 0.675. The number of nitrogens with zero attached hydrogens (tertiary/aromatic N) is 4. The molecule has 0 saturated carbocycles. The van der Waals surface area contributed by atoms with E-state index < -0.39 is 18.6 Å². The van der Waals surface area contributed by atoms with E-state index in [1.165, 1.54) is 0 Å². The van der Waals surface area contributed by atoms with Crippen molar-refractivity contribution in [2.24, 2.45) is 0 Å². The third kappa shape index (κ3) is 4.98. The van der Waals surface area contributed by atoms with Gasteiger partial charge in [-0.1, -0.05) is 23.7 Å². The fourth-order valence-corrected chi connectivity index (χ4v) is 3.65. The number of hydrogen-bond acceptors (Lipinski definition) is 5. The zero-order chi connectivity index (χ0) is 23.5. The Morgan fingerprint density at radius 3 is 2.61 bits per heavy atom. The van der Waals surface area contributed by atoms with Gasteiger partial charge in [-0.05, 0) is 55.3 Å². The standard InChI is InChI=1S/C23H22ClF2N5O2/c1-3-30-13-27-21-20(30)22(32)29-23(31(21)11-15-4-6-16(24)7-5-15)28-17-8-9-18(14(2)10-17)33-12-19(25)26/h4-10,13,19H,3,11-12H2,1-2H3,(H,28,29,32). The van der Waals surface area contributed by atoms with Crippen LogP contribution in [-0.2, 0) is 13.1 Å². The highest BCUT2D eigenvalue weighted by Gasteiger charge is 2.17. The Labute approximate surface area is 193 Å². The summed E-state index contributed by atoms with van der Waals surface area (Å²) in [6, 6.07) is 12.4. The SMILES string of the molecule is CCn1cnc2c1c(=O)nc(Nc1ccc(OCC(F)F)c(C)c1)n2Cc1ccc(Cl)cc1. The summed E-state index contributed by atoms with van der Waals surface area (Å²) in [7, 11) is 0. The van der Waals surface area contributed by atoms with Crippen molar-refractivity contribution in [1.82, 2.24) is 19.1 Å². The van der Waals surface area contributed by atoms with Crippen molar-refractivity contribution in [2.45, 2.75) is 33.4 Å². The molecule has 4 aromatic rings. The average Bonchev–Trinajstić information content (AvgIpc) is 3.22. The number of imidazole rings is 1. The van der Waals surface area contributed by atoms with Gasteiger partial charge in [-0.25, -0.2) is 13.8 Å². The molecule has 0 unspecified atom stereocenters. The molecule has 0 bridgehead atoms. The van der Waals surface area contributed by atoms with Crippen molar-refractivity contribution in [2.75, 3.05) is 11.9 Å². The van der Waals surface area contributed by atoms with Gasteiger partial charge in [0.2, 0.25) is 5.95 Å². The highest BCUT2D eigenvalue weighted by Crippen LogP contribution is 2.26. The quantitative estimate of drug-likeness (QED) is 0.389. The zero-order valence-corrected chi connectivity index (χ0v) is 18.8. The maximum atomic E-state index is 12.8.